The van der Waals surface area contributed by atoms with E-state index < -0.39 is 6.17 Å². The summed E-state index contributed by atoms with van der Waals surface area (Å²) in [4.78, 5) is 13.2. The van der Waals surface area contributed by atoms with Crippen LogP contribution in [0.5, 0.6) is 0 Å². The normalized spacial score (nSPS) is 12.4. The van der Waals surface area contributed by atoms with Crippen LogP contribution in [0.1, 0.15) is 22.1 Å². The Morgan fingerprint density at radius 3 is 2.42 bits per heavy atom. The van der Waals surface area contributed by atoms with Crippen molar-refractivity contribution in [3.8, 4) is 0 Å². The highest BCUT2D eigenvalue weighted by Gasteiger charge is 2.25. The summed E-state index contributed by atoms with van der Waals surface area (Å²) in [6.45, 7) is 2.00. The number of aromatic nitrogens is 4. The zero-order valence-corrected chi connectivity index (χ0v) is 13.2. The molecule has 4 aromatic rings. The number of aryl methyl sites for hydroxylation is 1. The second-order valence-electron chi connectivity index (χ2n) is 5.76. The lowest BCUT2D eigenvalue weighted by Gasteiger charge is -2.19. The molecule has 0 fully saturated rings. The molecule has 0 bridgehead atoms. The molecule has 4 rings (SSSR count). The first kappa shape index (κ1) is 14.4. The number of carbonyl (C=O) groups is 1. The standard InChI is InChI=1S/C19H16N4O/c1-14-8-10-15(11-9-14)18(24)19(22-12-4-5-13-22)23-17-7-3-2-6-16(17)20-21-23/h2-13,19H,1H3. The van der Waals surface area contributed by atoms with E-state index >= 15 is 0 Å². The molecule has 0 spiro atoms. The Hall–Kier alpha value is -3.21. The second-order valence-corrected chi connectivity index (χ2v) is 5.76. The summed E-state index contributed by atoms with van der Waals surface area (Å²) in [6, 6.07) is 19.0. The molecular formula is C19H16N4O. The lowest BCUT2D eigenvalue weighted by atomic mass is 10.1. The third-order valence-electron chi connectivity index (χ3n) is 4.09. The minimum absolute atomic E-state index is 0.0261. The SMILES string of the molecule is Cc1ccc(C(=O)C(n2cccc2)n2nnc3ccccc32)cc1. The summed E-state index contributed by atoms with van der Waals surface area (Å²) >= 11 is 0. The molecule has 0 saturated heterocycles. The monoisotopic (exact) mass is 316 g/mol. The molecule has 2 heterocycles. The molecule has 1 unspecified atom stereocenters. The van der Waals surface area contributed by atoms with Gasteiger partial charge in [0.2, 0.25) is 5.78 Å². The maximum atomic E-state index is 13.2. The number of carbonyl (C=O) groups excluding carboxylic acids is 1. The molecule has 0 aliphatic heterocycles. The van der Waals surface area contributed by atoms with Gasteiger partial charge in [0.25, 0.3) is 0 Å². The van der Waals surface area contributed by atoms with E-state index in [9.17, 15) is 4.79 Å². The summed E-state index contributed by atoms with van der Waals surface area (Å²) in [5.41, 5.74) is 3.37. The molecule has 5 nitrogen and oxygen atoms in total. The van der Waals surface area contributed by atoms with Gasteiger partial charge in [0.05, 0.1) is 5.52 Å². The van der Waals surface area contributed by atoms with Crippen molar-refractivity contribution in [2.24, 2.45) is 0 Å². The van der Waals surface area contributed by atoms with E-state index in [1.807, 2.05) is 84.5 Å². The van der Waals surface area contributed by atoms with Crippen LogP contribution in [-0.4, -0.2) is 25.3 Å². The third-order valence-corrected chi connectivity index (χ3v) is 4.09. The first-order valence-electron chi connectivity index (χ1n) is 7.77. The Kier molecular flexibility index (Phi) is 3.46. The lowest BCUT2D eigenvalue weighted by molar-refractivity contribution is 0.0898. The van der Waals surface area contributed by atoms with Gasteiger partial charge in [-0.05, 0) is 31.2 Å². The minimum atomic E-state index is -0.602. The average Bonchev–Trinajstić information content (AvgIpc) is 3.27. The zero-order valence-electron chi connectivity index (χ0n) is 13.2. The van der Waals surface area contributed by atoms with Crippen molar-refractivity contribution in [2.45, 2.75) is 13.1 Å². The number of Topliss-reactive ketones (excluding diaryl/α,β-unsaturated/α-hetero) is 1. The molecule has 5 heteroatoms. The zero-order chi connectivity index (χ0) is 16.5. The smallest absolute Gasteiger partial charge is 0.208 e. The number of benzene rings is 2. The number of rotatable bonds is 4. The number of hydrogen-bond acceptors (Lipinski definition) is 3. The molecule has 0 amide bonds. The number of ketones is 1. The van der Waals surface area contributed by atoms with E-state index in [4.69, 9.17) is 0 Å². The number of nitrogens with zero attached hydrogens (tertiary/aromatic N) is 4. The minimum Gasteiger partial charge on any atom is -0.325 e. The van der Waals surface area contributed by atoms with Crippen LogP contribution in [0.4, 0.5) is 0 Å². The maximum absolute atomic E-state index is 13.2. The summed E-state index contributed by atoms with van der Waals surface area (Å²) in [5.74, 6) is -0.0261. The summed E-state index contributed by atoms with van der Waals surface area (Å²) < 4.78 is 3.53. The summed E-state index contributed by atoms with van der Waals surface area (Å²) in [7, 11) is 0. The molecule has 2 aromatic heterocycles. The molecule has 0 radical (unpaired) electrons. The van der Waals surface area contributed by atoms with Crippen LogP contribution in [0.25, 0.3) is 11.0 Å². The first-order chi connectivity index (χ1) is 11.7. The quantitative estimate of drug-likeness (QED) is 0.542. The van der Waals surface area contributed by atoms with E-state index in [2.05, 4.69) is 10.3 Å². The highest BCUT2D eigenvalue weighted by molar-refractivity contribution is 5.99. The Bertz CT molecular complexity index is 984. The van der Waals surface area contributed by atoms with Crippen molar-refractivity contribution in [3.05, 3.63) is 84.2 Å². The van der Waals surface area contributed by atoms with Gasteiger partial charge in [0.15, 0.2) is 6.17 Å². The van der Waals surface area contributed by atoms with E-state index in [-0.39, 0.29) is 5.78 Å². The second kappa shape index (κ2) is 5.77. The van der Waals surface area contributed by atoms with Crippen LogP contribution in [0.2, 0.25) is 0 Å². The van der Waals surface area contributed by atoms with Gasteiger partial charge >= 0.3 is 0 Å². The first-order valence-corrected chi connectivity index (χ1v) is 7.77. The lowest BCUT2D eigenvalue weighted by Crippen LogP contribution is -2.27. The Labute approximate surface area is 139 Å². The van der Waals surface area contributed by atoms with Gasteiger partial charge < -0.3 is 4.57 Å². The fraction of sp³-hybridized carbons (Fsp3) is 0.105. The fourth-order valence-corrected chi connectivity index (χ4v) is 2.82. The van der Waals surface area contributed by atoms with Crippen LogP contribution in [-0.2, 0) is 0 Å². The molecule has 2 aromatic carbocycles. The third kappa shape index (κ3) is 2.40. The average molecular weight is 316 g/mol. The fourth-order valence-electron chi connectivity index (χ4n) is 2.82. The van der Waals surface area contributed by atoms with Crippen molar-refractivity contribution in [1.82, 2.24) is 19.6 Å². The molecule has 0 aliphatic rings. The van der Waals surface area contributed by atoms with Gasteiger partial charge in [-0.15, -0.1) is 5.10 Å². The molecule has 0 N–H and O–H groups in total. The van der Waals surface area contributed by atoms with Crippen LogP contribution >= 0.6 is 0 Å². The van der Waals surface area contributed by atoms with Gasteiger partial charge in [-0.2, -0.15) is 0 Å². The van der Waals surface area contributed by atoms with Crippen LogP contribution in [0.15, 0.2) is 73.1 Å². The van der Waals surface area contributed by atoms with E-state index in [1.54, 1.807) is 4.68 Å². The van der Waals surface area contributed by atoms with E-state index in [0.29, 0.717) is 5.56 Å². The van der Waals surface area contributed by atoms with Crippen molar-refractivity contribution >= 4 is 16.8 Å². The predicted octanol–water partition coefficient (Wildman–Crippen LogP) is 3.47. The number of para-hydroxylation sites is 1. The molecule has 118 valence electrons. The van der Waals surface area contributed by atoms with E-state index in [0.717, 1.165) is 16.6 Å². The van der Waals surface area contributed by atoms with Crippen molar-refractivity contribution in [3.63, 3.8) is 0 Å². The van der Waals surface area contributed by atoms with E-state index in [1.165, 1.54) is 0 Å². The highest BCUT2D eigenvalue weighted by Crippen LogP contribution is 2.22. The molecule has 0 saturated carbocycles. The van der Waals surface area contributed by atoms with Crippen molar-refractivity contribution < 1.29 is 4.79 Å². The Balaban J connectivity index is 1.86. The van der Waals surface area contributed by atoms with Crippen LogP contribution in [0.3, 0.4) is 0 Å². The van der Waals surface area contributed by atoms with Crippen LogP contribution < -0.4 is 0 Å². The number of hydrogen-bond donors (Lipinski definition) is 0. The Morgan fingerprint density at radius 1 is 0.958 bits per heavy atom. The van der Waals surface area contributed by atoms with Gasteiger partial charge in [-0.1, -0.05) is 47.2 Å². The Morgan fingerprint density at radius 2 is 1.67 bits per heavy atom. The molecule has 1 atom stereocenters. The van der Waals surface area contributed by atoms with Crippen molar-refractivity contribution in [1.29, 1.82) is 0 Å². The predicted molar refractivity (Wildman–Crippen MR) is 91.9 cm³/mol. The van der Waals surface area contributed by atoms with Gasteiger partial charge in [0.1, 0.15) is 5.52 Å². The number of fused-ring (bicyclic) bond motifs is 1. The molecule has 0 aliphatic carbocycles. The van der Waals surface area contributed by atoms with Gasteiger partial charge in [-0.3, -0.25) is 4.79 Å². The topological polar surface area (TPSA) is 52.7 Å². The highest BCUT2D eigenvalue weighted by atomic mass is 16.1. The molecule has 24 heavy (non-hydrogen) atoms. The molecular weight excluding hydrogens is 300 g/mol. The maximum Gasteiger partial charge on any atom is 0.208 e. The van der Waals surface area contributed by atoms with Crippen LogP contribution in [0, 0.1) is 6.92 Å². The van der Waals surface area contributed by atoms with Crippen molar-refractivity contribution in [2.75, 3.05) is 0 Å². The summed E-state index contributed by atoms with van der Waals surface area (Å²) in [6.07, 6.45) is 3.13. The largest absolute Gasteiger partial charge is 0.325 e. The van der Waals surface area contributed by atoms with Gasteiger partial charge in [-0.25, -0.2) is 4.68 Å². The summed E-state index contributed by atoms with van der Waals surface area (Å²) in [5, 5.41) is 8.43. The van der Waals surface area contributed by atoms with Gasteiger partial charge in [0, 0.05) is 18.0 Å².